The van der Waals surface area contributed by atoms with E-state index in [2.05, 4.69) is 5.32 Å². The number of hydrogen-bond acceptors (Lipinski definition) is 3. The smallest absolute Gasteiger partial charge is 0.244 e. The molecule has 2 aromatic carbocycles. The van der Waals surface area contributed by atoms with E-state index in [1.807, 2.05) is 32.9 Å². The molecule has 0 atom stereocenters. The zero-order valence-corrected chi connectivity index (χ0v) is 19.3. The van der Waals surface area contributed by atoms with E-state index in [-0.39, 0.29) is 18.5 Å². The maximum absolute atomic E-state index is 13.7. The number of nitrogens with one attached hydrogen (secondary N) is 1. The van der Waals surface area contributed by atoms with E-state index in [9.17, 15) is 13.2 Å². The molecular formula is C23H29ClN2O3S. The predicted octanol–water partition coefficient (Wildman–Crippen LogP) is 5.23. The monoisotopic (exact) mass is 448 g/mol. The summed E-state index contributed by atoms with van der Waals surface area (Å²) < 4.78 is 28.9. The van der Waals surface area contributed by atoms with Crippen molar-refractivity contribution in [2.75, 3.05) is 11.9 Å². The van der Waals surface area contributed by atoms with E-state index in [0.717, 1.165) is 37.7 Å². The van der Waals surface area contributed by atoms with Crippen LogP contribution in [0.4, 0.5) is 5.69 Å². The van der Waals surface area contributed by atoms with Crippen molar-refractivity contribution in [1.82, 2.24) is 4.31 Å². The van der Waals surface area contributed by atoms with Crippen molar-refractivity contribution in [1.29, 1.82) is 0 Å². The van der Waals surface area contributed by atoms with Gasteiger partial charge in [-0.3, -0.25) is 4.79 Å². The lowest BCUT2D eigenvalue weighted by Crippen LogP contribution is -2.46. The molecule has 0 saturated heterocycles. The Hall–Kier alpha value is -1.89. The fraction of sp³-hybridized carbons (Fsp3) is 0.435. The summed E-state index contributed by atoms with van der Waals surface area (Å²) in [6.45, 7) is 5.39. The zero-order valence-electron chi connectivity index (χ0n) is 17.7. The van der Waals surface area contributed by atoms with Gasteiger partial charge in [-0.05, 0) is 69.0 Å². The second-order valence-corrected chi connectivity index (χ2v) is 10.4. The first-order valence-corrected chi connectivity index (χ1v) is 12.2. The number of anilines is 1. The zero-order chi connectivity index (χ0) is 21.9. The first kappa shape index (κ1) is 22.8. The van der Waals surface area contributed by atoms with E-state index in [1.165, 1.54) is 4.31 Å². The van der Waals surface area contributed by atoms with Crippen LogP contribution in [0.25, 0.3) is 0 Å². The third-order valence-corrected chi connectivity index (χ3v) is 8.04. The molecule has 0 radical (unpaired) electrons. The third kappa shape index (κ3) is 5.23. The lowest BCUT2D eigenvalue weighted by Gasteiger charge is -2.33. The summed E-state index contributed by atoms with van der Waals surface area (Å²) in [7, 11) is -3.82. The summed E-state index contributed by atoms with van der Waals surface area (Å²) in [6.07, 6.45) is 4.60. The van der Waals surface area contributed by atoms with Gasteiger partial charge < -0.3 is 5.32 Å². The van der Waals surface area contributed by atoms with Crippen LogP contribution in [0.3, 0.4) is 0 Å². The number of nitrogens with zero attached hydrogens (tertiary/aromatic N) is 1. The molecule has 1 fully saturated rings. The van der Waals surface area contributed by atoms with Crippen molar-refractivity contribution in [3.8, 4) is 0 Å². The Morgan fingerprint density at radius 3 is 2.17 bits per heavy atom. The number of halogens is 1. The van der Waals surface area contributed by atoms with Gasteiger partial charge in [0.05, 0.1) is 11.4 Å². The molecular weight excluding hydrogens is 420 g/mol. The highest BCUT2D eigenvalue weighted by atomic mass is 35.5. The summed E-state index contributed by atoms with van der Waals surface area (Å²) in [5.74, 6) is -0.353. The summed E-state index contributed by atoms with van der Waals surface area (Å²) in [4.78, 5) is 13.1. The first-order valence-electron chi connectivity index (χ1n) is 10.3. The van der Waals surface area contributed by atoms with Crippen LogP contribution in [0, 0.1) is 20.8 Å². The maximum Gasteiger partial charge on any atom is 0.244 e. The van der Waals surface area contributed by atoms with Gasteiger partial charge >= 0.3 is 0 Å². The normalized spacial score (nSPS) is 15.4. The molecule has 7 heteroatoms. The molecule has 30 heavy (non-hydrogen) atoms. The molecule has 162 valence electrons. The Morgan fingerprint density at radius 1 is 1.03 bits per heavy atom. The number of sulfonamides is 1. The second-order valence-electron chi connectivity index (χ2n) is 8.13. The van der Waals surface area contributed by atoms with Crippen LogP contribution in [0.5, 0.6) is 0 Å². The van der Waals surface area contributed by atoms with Crippen LogP contribution in [0.1, 0.15) is 48.8 Å². The molecule has 0 spiro atoms. The minimum atomic E-state index is -3.82. The van der Waals surface area contributed by atoms with Gasteiger partial charge in [0.15, 0.2) is 0 Å². The van der Waals surface area contributed by atoms with Crippen LogP contribution in [0.15, 0.2) is 41.3 Å². The molecule has 1 saturated carbocycles. The number of benzene rings is 2. The number of carbonyl (C=O) groups excluding carboxylic acids is 1. The van der Waals surface area contributed by atoms with Gasteiger partial charge in [0, 0.05) is 16.8 Å². The minimum absolute atomic E-state index is 0.167. The van der Waals surface area contributed by atoms with Crippen LogP contribution in [0.2, 0.25) is 5.02 Å². The lowest BCUT2D eigenvalue weighted by molar-refractivity contribution is -0.116. The van der Waals surface area contributed by atoms with Crippen molar-refractivity contribution in [2.24, 2.45) is 0 Å². The molecule has 0 bridgehead atoms. The molecule has 0 unspecified atom stereocenters. The van der Waals surface area contributed by atoms with Gasteiger partial charge in [-0.15, -0.1) is 0 Å². The molecule has 1 N–H and O–H groups in total. The average Bonchev–Trinajstić information content (AvgIpc) is 2.67. The van der Waals surface area contributed by atoms with E-state index < -0.39 is 10.0 Å². The predicted molar refractivity (Wildman–Crippen MR) is 121 cm³/mol. The SMILES string of the molecule is Cc1cc(C)c(S(=O)(=O)N(CC(=O)Nc2ccc(Cl)cc2)C2CCCCC2)c(C)c1. The van der Waals surface area contributed by atoms with Crippen LogP contribution >= 0.6 is 11.6 Å². The number of carbonyl (C=O) groups is 1. The molecule has 1 amide bonds. The Labute approximate surface area is 184 Å². The number of hydrogen-bond donors (Lipinski definition) is 1. The molecule has 3 rings (SSSR count). The highest BCUT2D eigenvalue weighted by Gasteiger charge is 2.35. The minimum Gasteiger partial charge on any atom is -0.325 e. The van der Waals surface area contributed by atoms with Crippen molar-refractivity contribution in [3.05, 3.63) is 58.1 Å². The van der Waals surface area contributed by atoms with E-state index in [0.29, 0.717) is 26.7 Å². The van der Waals surface area contributed by atoms with Gasteiger partial charge in [-0.25, -0.2) is 8.42 Å². The summed E-state index contributed by atoms with van der Waals surface area (Å²) in [5.41, 5.74) is 3.04. The summed E-state index contributed by atoms with van der Waals surface area (Å²) in [6, 6.07) is 10.4. The molecule has 2 aromatic rings. The highest BCUT2D eigenvalue weighted by molar-refractivity contribution is 7.89. The molecule has 1 aliphatic rings. The van der Waals surface area contributed by atoms with Crippen LogP contribution in [-0.2, 0) is 14.8 Å². The van der Waals surface area contributed by atoms with Crippen molar-refractivity contribution in [3.63, 3.8) is 0 Å². The van der Waals surface area contributed by atoms with Crippen molar-refractivity contribution >= 4 is 33.2 Å². The Bertz CT molecular complexity index is 990. The number of rotatable bonds is 6. The molecule has 0 aromatic heterocycles. The van der Waals surface area contributed by atoms with Gasteiger partial charge in [-0.2, -0.15) is 4.31 Å². The fourth-order valence-corrected chi connectivity index (χ4v) is 6.53. The van der Waals surface area contributed by atoms with Crippen LogP contribution < -0.4 is 5.32 Å². The Morgan fingerprint density at radius 2 is 1.60 bits per heavy atom. The number of aryl methyl sites for hydroxylation is 3. The van der Waals surface area contributed by atoms with Gasteiger partial charge in [0.2, 0.25) is 15.9 Å². The Balaban J connectivity index is 1.92. The summed E-state index contributed by atoms with van der Waals surface area (Å²) >= 11 is 5.90. The van der Waals surface area contributed by atoms with Gasteiger partial charge in [0.1, 0.15) is 0 Å². The average molecular weight is 449 g/mol. The molecule has 0 heterocycles. The lowest BCUT2D eigenvalue weighted by atomic mass is 9.95. The van der Waals surface area contributed by atoms with Gasteiger partial charge in [0.25, 0.3) is 0 Å². The second kappa shape index (κ2) is 9.50. The molecule has 5 nitrogen and oxygen atoms in total. The topological polar surface area (TPSA) is 66.5 Å². The quantitative estimate of drug-likeness (QED) is 0.658. The van der Waals surface area contributed by atoms with E-state index >= 15 is 0 Å². The fourth-order valence-electron chi connectivity index (χ4n) is 4.35. The summed E-state index contributed by atoms with van der Waals surface area (Å²) in [5, 5.41) is 3.37. The third-order valence-electron chi connectivity index (χ3n) is 5.58. The van der Waals surface area contributed by atoms with E-state index in [4.69, 9.17) is 11.6 Å². The largest absolute Gasteiger partial charge is 0.325 e. The van der Waals surface area contributed by atoms with E-state index in [1.54, 1.807) is 24.3 Å². The van der Waals surface area contributed by atoms with Gasteiger partial charge in [-0.1, -0.05) is 48.6 Å². The Kier molecular flexibility index (Phi) is 7.22. The number of amides is 1. The highest BCUT2D eigenvalue weighted by Crippen LogP contribution is 2.31. The first-order chi connectivity index (χ1) is 14.2. The molecule has 1 aliphatic carbocycles. The van der Waals surface area contributed by atoms with Crippen LogP contribution in [-0.4, -0.2) is 31.2 Å². The standard InChI is InChI=1S/C23H29ClN2O3S/c1-16-13-17(2)23(18(3)14-16)30(28,29)26(21-7-5-4-6-8-21)15-22(27)25-20-11-9-19(24)10-12-20/h9-14,21H,4-8,15H2,1-3H3,(H,25,27). The van der Waals surface area contributed by atoms with Crippen molar-refractivity contribution in [2.45, 2.75) is 63.8 Å². The maximum atomic E-state index is 13.7. The molecule has 0 aliphatic heterocycles. The van der Waals surface area contributed by atoms with Crippen molar-refractivity contribution < 1.29 is 13.2 Å².